The second-order valence-corrected chi connectivity index (χ2v) is 8.90. The van der Waals surface area contributed by atoms with Crippen molar-refractivity contribution in [2.24, 2.45) is 4.99 Å². The van der Waals surface area contributed by atoms with E-state index in [-0.39, 0.29) is 10.6 Å². The Morgan fingerprint density at radius 2 is 1.91 bits per heavy atom. The average molecular weight is 483 g/mol. The number of aromatic nitrogens is 2. The van der Waals surface area contributed by atoms with E-state index in [2.05, 4.69) is 32.1 Å². The van der Waals surface area contributed by atoms with E-state index in [1.165, 1.54) is 6.07 Å². The van der Waals surface area contributed by atoms with Gasteiger partial charge < -0.3 is 10.2 Å². The lowest BCUT2D eigenvalue weighted by atomic mass is 9.99. The maximum absolute atomic E-state index is 14.5. The maximum atomic E-state index is 14.5. The van der Waals surface area contributed by atoms with Gasteiger partial charge in [0.2, 0.25) is 0 Å². The molecule has 1 N–H and O–H groups in total. The second kappa shape index (κ2) is 9.74. The van der Waals surface area contributed by atoms with Gasteiger partial charge in [-0.05, 0) is 24.3 Å². The lowest BCUT2D eigenvalue weighted by molar-refractivity contribution is 0.246. The van der Waals surface area contributed by atoms with Gasteiger partial charge in [0.15, 0.2) is 0 Å². The number of allylic oxidation sites excluding steroid dienone is 1. The predicted molar refractivity (Wildman–Crippen MR) is 133 cm³/mol. The van der Waals surface area contributed by atoms with Crippen LogP contribution in [0.2, 0.25) is 5.02 Å². The Morgan fingerprint density at radius 1 is 1.09 bits per heavy atom. The molecule has 176 valence electrons. The number of rotatable bonds is 6. The molecule has 1 aromatic carbocycles. The Hall–Kier alpha value is -2.94. The van der Waals surface area contributed by atoms with Crippen molar-refractivity contribution in [1.29, 1.82) is 0 Å². The standard InChI is InChI=1S/C25H25ClF2N6/c1-33(10-11-34-8-6-29-7-9-34)16-12-24-23(31-15-16)3-2-22(32-24)17-4-5-30-25(17)18-13-19(26)21(28)14-20(18)27/h2-4,12-15,29H,5-11H2,1H3. The number of nitrogens with one attached hydrogen (secondary N) is 1. The molecule has 0 atom stereocenters. The van der Waals surface area contributed by atoms with Gasteiger partial charge in [0, 0.05) is 63.5 Å². The molecular weight excluding hydrogens is 458 g/mol. The zero-order valence-electron chi connectivity index (χ0n) is 18.9. The van der Waals surface area contributed by atoms with Crippen LogP contribution in [0.1, 0.15) is 11.3 Å². The third-order valence-electron chi connectivity index (χ3n) is 6.27. The van der Waals surface area contributed by atoms with Crippen molar-refractivity contribution in [3.63, 3.8) is 0 Å². The molecule has 0 amide bonds. The molecule has 5 rings (SSSR count). The predicted octanol–water partition coefficient (Wildman–Crippen LogP) is 3.79. The van der Waals surface area contributed by atoms with E-state index in [0.717, 1.165) is 62.1 Å². The summed E-state index contributed by atoms with van der Waals surface area (Å²) < 4.78 is 28.2. The first-order valence-electron chi connectivity index (χ1n) is 11.3. The fourth-order valence-corrected chi connectivity index (χ4v) is 4.44. The highest BCUT2D eigenvalue weighted by molar-refractivity contribution is 6.35. The number of pyridine rings is 2. The van der Waals surface area contributed by atoms with Crippen LogP contribution in [-0.2, 0) is 0 Å². The fourth-order valence-electron chi connectivity index (χ4n) is 4.28. The highest BCUT2D eigenvalue weighted by Gasteiger charge is 2.22. The van der Waals surface area contributed by atoms with Crippen LogP contribution in [0.15, 0.2) is 47.6 Å². The van der Waals surface area contributed by atoms with Crippen molar-refractivity contribution < 1.29 is 8.78 Å². The molecule has 0 saturated carbocycles. The molecule has 4 heterocycles. The number of benzene rings is 1. The summed E-state index contributed by atoms with van der Waals surface area (Å²) in [6.45, 7) is 6.46. The van der Waals surface area contributed by atoms with Gasteiger partial charge in [-0.25, -0.2) is 13.8 Å². The van der Waals surface area contributed by atoms with Crippen molar-refractivity contribution in [3.8, 4) is 0 Å². The van der Waals surface area contributed by atoms with Gasteiger partial charge in [0.1, 0.15) is 11.6 Å². The summed E-state index contributed by atoms with van der Waals surface area (Å²) in [5.41, 5.74) is 4.44. The van der Waals surface area contributed by atoms with E-state index < -0.39 is 11.6 Å². The van der Waals surface area contributed by atoms with Crippen molar-refractivity contribution in [2.45, 2.75) is 0 Å². The van der Waals surface area contributed by atoms with E-state index in [9.17, 15) is 8.78 Å². The van der Waals surface area contributed by atoms with E-state index in [1.54, 1.807) is 0 Å². The minimum absolute atomic E-state index is 0.144. The highest BCUT2D eigenvalue weighted by Crippen LogP contribution is 2.29. The zero-order valence-corrected chi connectivity index (χ0v) is 19.6. The summed E-state index contributed by atoms with van der Waals surface area (Å²) in [6.07, 6.45) is 3.75. The van der Waals surface area contributed by atoms with Crippen molar-refractivity contribution in [1.82, 2.24) is 20.2 Å². The summed E-state index contributed by atoms with van der Waals surface area (Å²) in [6, 6.07) is 7.83. The molecule has 0 spiro atoms. The number of nitrogens with zero attached hydrogens (tertiary/aromatic N) is 5. The SMILES string of the molecule is CN(CCN1CCNCC1)c1cnc2ccc(C3=CCN=C3c3cc(Cl)c(F)cc3F)nc2c1. The monoisotopic (exact) mass is 482 g/mol. The maximum Gasteiger partial charge on any atom is 0.144 e. The van der Waals surface area contributed by atoms with E-state index >= 15 is 0 Å². The van der Waals surface area contributed by atoms with Crippen LogP contribution in [0.3, 0.4) is 0 Å². The minimum atomic E-state index is -0.796. The first kappa shape index (κ1) is 22.8. The molecule has 0 unspecified atom stereocenters. The second-order valence-electron chi connectivity index (χ2n) is 8.49. The smallest absolute Gasteiger partial charge is 0.144 e. The summed E-state index contributed by atoms with van der Waals surface area (Å²) in [7, 11) is 2.06. The van der Waals surface area contributed by atoms with E-state index in [1.807, 2.05) is 30.5 Å². The van der Waals surface area contributed by atoms with Crippen LogP contribution in [0.25, 0.3) is 16.6 Å². The van der Waals surface area contributed by atoms with Gasteiger partial charge >= 0.3 is 0 Å². The lowest BCUT2D eigenvalue weighted by Gasteiger charge is -2.29. The zero-order chi connectivity index (χ0) is 23.7. The van der Waals surface area contributed by atoms with Crippen molar-refractivity contribution in [3.05, 3.63) is 70.5 Å². The first-order chi connectivity index (χ1) is 16.5. The van der Waals surface area contributed by atoms with Gasteiger partial charge in [-0.3, -0.25) is 14.9 Å². The molecule has 2 aliphatic heterocycles. The number of likely N-dealkylation sites (N-methyl/N-ethyl adjacent to an activating group) is 1. The summed E-state index contributed by atoms with van der Waals surface area (Å²) in [5.74, 6) is -1.50. The van der Waals surface area contributed by atoms with Crippen LogP contribution in [0, 0.1) is 11.6 Å². The fraction of sp³-hybridized carbons (Fsp3) is 0.320. The van der Waals surface area contributed by atoms with Gasteiger partial charge in [-0.15, -0.1) is 0 Å². The third-order valence-corrected chi connectivity index (χ3v) is 6.56. The molecule has 1 fully saturated rings. The Bertz CT molecular complexity index is 1290. The summed E-state index contributed by atoms with van der Waals surface area (Å²) in [4.78, 5) is 18.4. The van der Waals surface area contributed by atoms with E-state index in [0.29, 0.717) is 23.5 Å². The van der Waals surface area contributed by atoms with Gasteiger partial charge in [-0.1, -0.05) is 17.7 Å². The van der Waals surface area contributed by atoms with Crippen LogP contribution >= 0.6 is 11.6 Å². The minimum Gasteiger partial charge on any atom is -0.372 e. The van der Waals surface area contributed by atoms with Gasteiger partial charge in [0.05, 0.1) is 45.9 Å². The topological polar surface area (TPSA) is 56.6 Å². The van der Waals surface area contributed by atoms with Gasteiger partial charge in [-0.2, -0.15) is 0 Å². The Balaban J connectivity index is 1.39. The quantitative estimate of drug-likeness (QED) is 0.542. The molecule has 0 bridgehead atoms. The molecule has 34 heavy (non-hydrogen) atoms. The Kier molecular flexibility index (Phi) is 6.54. The molecule has 0 aliphatic carbocycles. The van der Waals surface area contributed by atoms with E-state index in [4.69, 9.17) is 16.6 Å². The third kappa shape index (κ3) is 4.66. The molecule has 2 aromatic heterocycles. The average Bonchev–Trinajstić information content (AvgIpc) is 3.34. The summed E-state index contributed by atoms with van der Waals surface area (Å²) in [5, 5.41) is 3.23. The molecular formula is C25H25ClF2N6. The number of fused-ring (bicyclic) bond motifs is 1. The number of aliphatic imine (C=N–C) groups is 1. The normalized spacial score (nSPS) is 16.6. The van der Waals surface area contributed by atoms with Crippen LogP contribution in [0.5, 0.6) is 0 Å². The number of anilines is 1. The Morgan fingerprint density at radius 3 is 2.74 bits per heavy atom. The van der Waals surface area contributed by atoms with Crippen LogP contribution < -0.4 is 10.2 Å². The largest absolute Gasteiger partial charge is 0.372 e. The molecule has 0 radical (unpaired) electrons. The van der Waals surface area contributed by atoms with Crippen molar-refractivity contribution in [2.75, 3.05) is 57.8 Å². The van der Waals surface area contributed by atoms with Crippen LogP contribution in [-0.4, -0.2) is 73.4 Å². The first-order valence-corrected chi connectivity index (χ1v) is 11.7. The molecule has 6 nitrogen and oxygen atoms in total. The number of hydrogen-bond acceptors (Lipinski definition) is 6. The summed E-state index contributed by atoms with van der Waals surface area (Å²) >= 11 is 5.91. The highest BCUT2D eigenvalue weighted by atomic mass is 35.5. The van der Waals surface area contributed by atoms with Gasteiger partial charge in [0.25, 0.3) is 0 Å². The Labute approximate surface area is 202 Å². The van der Waals surface area contributed by atoms with Crippen molar-refractivity contribution >= 4 is 39.6 Å². The lowest BCUT2D eigenvalue weighted by Crippen LogP contribution is -2.46. The molecule has 1 saturated heterocycles. The molecule has 3 aromatic rings. The molecule has 2 aliphatic rings. The number of piperazine rings is 1. The van der Waals surface area contributed by atoms with Crippen LogP contribution in [0.4, 0.5) is 14.5 Å². The molecule has 9 heteroatoms. The number of hydrogen-bond donors (Lipinski definition) is 1. The number of halogens is 3.